The first kappa shape index (κ1) is 27.2. The highest BCUT2D eigenvalue weighted by atomic mass is 32.1. The molecule has 7 heteroatoms. The number of ether oxygens (including phenoxy) is 1. The molecule has 6 nitrogen and oxygen atoms in total. The number of aromatic carboxylic acids is 1. The van der Waals surface area contributed by atoms with Gasteiger partial charge in [0.2, 0.25) is 5.91 Å². The minimum absolute atomic E-state index is 0.0914. The number of carboxylic acid groups (broad SMARTS) is 1. The maximum atomic E-state index is 13.4. The van der Waals surface area contributed by atoms with E-state index in [1.165, 1.54) is 11.3 Å². The standard InChI is InChI=1S/C30H38N2O4S/c1-21(33)32(26-19-25(14-17-29(2,3)4)37-27(26)28(34)35)30(15-6-5-7-16-30)22-10-12-23(13-11-22)36-24-9-8-18-31-20-24/h8-9,18-20,22-23H,5-7,10-13,15-16H2,1-4H3,(H,34,35). The maximum Gasteiger partial charge on any atom is 0.348 e. The molecule has 4 rings (SSSR count). The first-order valence-corrected chi connectivity index (χ1v) is 14.2. The van der Waals surface area contributed by atoms with Crippen LogP contribution in [-0.2, 0) is 4.79 Å². The summed E-state index contributed by atoms with van der Waals surface area (Å²) in [5, 5.41) is 10.1. The number of pyridine rings is 1. The van der Waals surface area contributed by atoms with Crippen LogP contribution in [0.15, 0.2) is 30.6 Å². The van der Waals surface area contributed by atoms with Crippen molar-refractivity contribution in [2.45, 2.75) is 97.1 Å². The maximum absolute atomic E-state index is 13.4. The Morgan fingerprint density at radius 1 is 1.16 bits per heavy atom. The number of rotatable bonds is 6. The zero-order valence-corrected chi connectivity index (χ0v) is 23.2. The normalized spacial score (nSPS) is 21.4. The lowest BCUT2D eigenvalue weighted by atomic mass is 9.66. The van der Waals surface area contributed by atoms with Crippen LogP contribution in [0.3, 0.4) is 0 Å². The lowest BCUT2D eigenvalue weighted by Crippen LogP contribution is -2.58. The molecule has 0 bridgehead atoms. The smallest absolute Gasteiger partial charge is 0.348 e. The van der Waals surface area contributed by atoms with Crippen LogP contribution in [-0.4, -0.2) is 33.6 Å². The third-order valence-electron chi connectivity index (χ3n) is 7.56. The monoisotopic (exact) mass is 522 g/mol. The summed E-state index contributed by atoms with van der Waals surface area (Å²) >= 11 is 1.17. The molecular formula is C30H38N2O4S. The quantitative estimate of drug-likeness (QED) is 0.416. The second kappa shape index (κ2) is 11.3. The molecule has 2 aromatic heterocycles. The van der Waals surface area contributed by atoms with Gasteiger partial charge < -0.3 is 14.7 Å². The molecule has 0 atom stereocenters. The molecule has 37 heavy (non-hydrogen) atoms. The summed E-state index contributed by atoms with van der Waals surface area (Å²) in [6.07, 6.45) is 12.3. The fourth-order valence-corrected chi connectivity index (χ4v) is 6.87. The Bertz CT molecular complexity index is 1160. The van der Waals surface area contributed by atoms with Crippen LogP contribution in [0.4, 0.5) is 5.69 Å². The molecule has 0 saturated heterocycles. The van der Waals surface area contributed by atoms with Crippen LogP contribution < -0.4 is 9.64 Å². The van der Waals surface area contributed by atoms with Crippen molar-refractivity contribution < 1.29 is 19.4 Å². The van der Waals surface area contributed by atoms with E-state index in [1.54, 1.807) is 19.3 Å². The second-order valence-corrected chi connectivity index (χ2v) is 12.5. The third-order valence-corrected chi connectivity index (χ3v) is 8.59. The number of hydrogen-bond acceptors (Lipinski definition) is 5. The van der Waals surface area contributed by atoms with Gasteiger partial charge >= 0.3 is 5.97 Å². The first-order valence-electron chi connectivity index (χ1n) is 13.4. The van der Waals surface area contributed by atoms with Crippen LogP contribution in [0.5, 0.6) is 5.75 Å². The highest BCUT2D eigenvalue weighted by Gasteiger charge is 2.48. The fourth-order valence-electron chi connectivity index (χ4n) is 6.04. The topological polar surface area (TPSA) is 79.7 Å². The summed E-state index contributed by atoms with van der Waals surface area (Å²) in [4.78, 5) is 32.6. The number of amides is 1. The SMILES string of the molecule is CC(=O)N(c1cc(C#CC(C)(C)C)sc1C(=O)O)C1(C2CCC(Oc3cccnc3)CC2)CCCCC1. The largest absolute Gasteiger partial charge is 0.489 e. The molecule has 0 unspecified atom stereocenters. The molecule has 2 fully saturated rings. The van der Waals surface area contributed by atoms with Crippen LogP contribution in [0, 0.1) is 23.2 Å². The van der Waals surface area contributed by atoms with E-state index in [1.807, 2.05) is 43.9 Å². The van der Waals surface area contributed by atoms with E-state index >= 15 is 0 Å². The van der Waals surface area contributed by atoms with Gasteiger partial charge in [0.05, 0.1) is 28.4 Å². The molecule has 0 aliphatic heterocycles. The zero-order chi connectivity index (χ0) is 26.6. The van der Waals surface area contributed by atoms with E-state index < -0.39 is 5.97 Å². The Labute approximate surface area is 224 Å². The molecule has 2 aliphatic rings. The average Bonchev–Trinajstić information content (AvgIpc) is 3.28. The van der Waals surface area contributed by atoms with E-state index in [-0.39, 0.29) is 33.8 Å². The van der Waals surface area contributed by atoms with Gasteiger partial charge in [-0.25, -0.2) is 4.79 Å². The van der Waals surface area contributed by atoms with Crippen molar-refractivity contribution in [3.63, 3.8) is 0 Å². The minimum Gasteiger partial charge on any atom is -0.489 e. The van der Waals surface area contributed by atoms with E-state index in [9.17, 15) is 14.7 Å². The molecule has 2 heterocycles. The van der Waals surface area contributed by atoms with Crippen molar-refractivity contribution in [2.75, 3.05) is 4.90 Å². The number of carboxylic acids is 1. The predicted molar refractivity (Wildman–Crippen MR) is 147 cm³/mol. The first-order chi connectivity index (χ1) is 17.6. The molecule has 0 aromatic carbocycles. The van der Waals surface area contributed by atoms with Gasteiger partial charge in [-0.2, -0.15) is 0 Å². The predicted octanol–water partition coefficient (Wildman–Crippen LogP) is 6.93. The lowest BCUT2D eigenvalue weighted by molar-refractivity contribution is -0.118. The average molecular weight is 523 g/mol. The van der Waals surface area contributed by atoms with Gasteiger partial charge in [0, 0.05) is 18.5 Å². The summed E-state index contributed by atoms with van der Waals surface area (Å²) in [5.41, 5.74) is -0.0722. The van der Waals surface area contributed by atoms with Crippen molar-refractivity contribution in [2.24, 2.45) is 11.3 Å². The number of nitrogens with zero attached hydrogens (tertiary/aromatic N) is 2. The van der Waals surface area contributed by atoms with Gasteiger partial charge in [-0.1, -0.05) is 31.1 Å². The van der Waals surface area contributed by atoms with Crippen LogP contribution in [0.1, 0.15) is 100 Å². The summed E-state index contributed by atoms with van der Waals surface area (Å²) in [5.74, 6) is 6.35. The van der Waals surface area contributed by atoms with E-state index in [2.05, 4.69) is 16.8 Å². The van der Waals surface area contributed by atoms with Gasteiger partial charge in [-0.05, 0) is 83.4 Å². The van der Waals surface area contributed by atoms with Crippen LogP contribution in [0.2, 0.25) is 0 Å². The minimum atomic E-state index is -1.01. The van der Waals surface area contributed by atoms with Crippen molar-refractivity contribution in [1.82, 2.24) is 4.98 Å². The highest BCUT2D eigenvalue weighted by Crippen LogP contribution is 2.49. The Hall–Kier alpha value is -2.85. The Kier molecular flexibility index (Phi) is 8.28. The molecule has 2 aliphatic carbocycles. The number of thiophene rings is 1. The summed E-state index contributed by atoms with van der Waals surface area (Å²) < 4.78 is 6.19. The molecular weight excluding hydrogens is 484 g/mol. The van der Waals surface area contributed by atoms with Crippen LogP contribution in [0.25, 0.3) is 0 Å². The second-order valence-electron chi connectivity index (χ2n) is 11.4. The van der Waals surface area contributed by atoms with E-state index in [0.29, 0.717) is 10.6 Å². The fraction of sp³-hybridized carbons (Fsp3) is 0.567. The number of aromatic nitrogens is 1. The lowest BCUT2D eigenvalue weighted by Gasteiger charge is -2.52. The Balaban J connectivity index is 1.66. The van der Waals surface area contributed by atoms with Crippen molar-refractivity contribution in [3.05, 3.63) is 40.3 Å². The number of hydrogen-bond donors (Lipinski definition) is 1. The van der Waals surface area contributed by atoms with Gasteiger partial charge in [-0.15, -0.1) is 11.3 Å². The Morgan fingerprint density at radius 3 is 2.43 bits per heavy atom. The molecule has 1 N–H and O–H groups in total. The number of anilines is 1. The summed E-state index contributed by atoms with van der Waals surface area (Å²) in [6, 6.07) is 5.65. The van der Waals surface area contributed by atoms with Gasteiger partial charge in [0.1, 0.15) is 10.6 Å². The third kappa shape index (κ3) is 6.35. The number of carbonyl (C=O) groups excluding carboxylic acids is 1. The van der Waals surface area contributed by atoms with E-state index in [0.717, 1.165) is 63.5 Å². The molecule has 0 radical (unpaired) electrons. The highest BCUT2D eigenvalue weighted by molar-refractivity contribution is 7.15. The van der Waals surface area contributed by atoms with Crippen molar-refractivity contribution in [3.8, 4) is 17.6 Å². The molecule has 198 valence electrons. The van der Waals surface area contributed by atoms with E-state index in [4.69, 9.17) is 4.74 Å². The van der Waals surface area contributed by atoms with Crippen LogP contribution >= 0.6 is 11.3 Å². The molecule has 1 amide bonds. The van der Waals surface area contributed by atoms with Crippen molar-refractivity contribution >= 4 is 28.9 Å². The zero-order valence-electron chi connectivity index (χ0n) is 22.4. The van der Waals surface area contributed by atoms with Gasteiger partial charge in [-0.3, -0.25) is 9.78 Å². The molecule has 2 saturated carbocycles. The van der Waals surface area contributed by atoms with Gasteiger partial charge in [0.15, 0.2) is 0 Å². The Morgan fingerprint density at radius 2 is 1.86 bits per heavy atom. The number of carbonyl (C=O) groups is 2. The molecule has 2 aromatic rings. The molecule has 0 spiro atoms. The summed E-state index contributed by atoms with van der Waals surface area (Å²) in [7, 11) is 0. The summed E-state index contributed by atoms with van der Waals surface area (Å²) in [6.45, 7) is 7.66. The van der Waals surface area contributed by atoms with Crippen molar-refractivity contribution in [1.29, 1.82) is 0 Å². The van der Waals surface area contributed by atoms with Gasteiger partial charge in [0.25, 0.3) is 0 Å².